The maximum absolute atomic E-state index is 13.1. The number of hydrogen-bond donors (Lipinski definition) is 1. The number of hydrogen-bond acceptors (Lipinski definition) is 10. The first-order valence-corrected chi connectivity index (χ1v) is 16.8. The molecular weight excluding hydrogens is 572 g/mol. The number of nitrogens with one attached hydrogen (secondary N) is 1. The van der Waals surface area contributed by atoms with Crippen LogP contribution in [-0.4, -0.2) is 119 Å². The summed E-state index contributed by atoms with van der Waals surface area (Å²) in [7, 11) is 4.21. The van der Waals surface area contributed by atoms with Crippen molar-refractivity contribution in [3.8, 4) is 0 Å². The minimum Gasteiger partial charge on any atom is -0.464 e. The van der Waals surface area contributed by atoms with Gasteiger partial charge in [-0.3, -0.25) is 29.1 Å². The quantitative estimate of drug-likeness (QED) is 0.249. The topological polar surface area (TPSA) is 101 Å². The van der Waals surface area contributed by atoms with Gasteiger partial charge in [0, 0.05) is 51.0 Å². The lowest BCUT2D eigenvalue weighted by molar-refractivity contribution is -0.154. The third-order valence-corrected chi connectivity index (χ3v) is 11.9. The standard InChI is InChI=1S/C35H64N4O6/c1-30(2)15-24(33(7,8)36-30)21-43-27(40)18-39(19-28(41)44-22-25-16-31(3,4)37(13)34(25,9)10)20-29(42)45-23-26-17-32(5,6)38(14)35(26,11)12/h24-26,36H,15-23H2,1-14H3. The molecule has 0 aromatic heterocycles. The Bertz CT molecular complexity index is 1040. The maximum Gasteiger partial charge on any atom is 0.320 e. The molecule has 0 bridgehead atoms. The maximum atomic E-state index is 13.1. The third-order valence-electron chi connectivity index (χ3n) is 11.9. The van der Waals surface area contributed by atoms with E-state index in [9.17, 15) is 14.4 Å². The van der Waals surface area contributed by atoms with E-state index in [-0.39, 0.29) is 90.4 Å². The molecule has 1 N–H and O–H groups in total. The van der Waals surface area contributed by atoms with E-state index in [0.29, 0.717) is 0 Å². The number of esters is 3. The predicted molar refractivity (Wildman–Crippen MR) is 177 cm³/mol. The number of rotatable bonds is 12. The summed E-state index contributed by atoms with van der Waals surface area (Å²) in [5.74, 6) is -0.945. The van der Waals surface area contributed by atoms with Crippen LogP contribution < -0.4 is 5.32 Å². The molecular formula is C35H64N4O6. The third kappa shape index (κ3) is 8.79. The number of carbonyl (C=O) groups is 3. The van der Waals surface area contributed by atoms with Crippen molar-refractivity contribution in [2.75, 3.05) is 53.6 Å². The second kappa shape index (κ2) is 13.0. The number of nitrogens with zero attached hydrogens (tertiary/aromatic N) is 3. The summed E-state index contributed by atoms with van der Waals surface area (Å²) >= 11 is 0. The largest absolute Gasteiger partial charge is 0.464 e. The Kier molecular flexibility index (Phi) is 10.9. The summed E-state index contributed by atoms with van der Waals surface area (Å²) < 4.78 is 17.3. The average Bonchev–Trinajstić information content (AvgIpc) is 3.27. The van der Waals surface area contributed by atoms with Gasteiger partial charge in [-0.2, -0.15) is 0 Å². The summed E-state index contributed by atoms with van der Waals surface area (Å²) in [5.41, 5.74) is -0.496. The Morgan fingerprint density at radius 1 is 0.600 bits per heavy atom. The Hall–Kier alpha value is -1.75. The van der Waals surface area contributed by atoms with E-state index in [1.165, 1.54) is 4.90 Å². The van der Waals surface area contributed by atoms with E-state index in [2.05, 4.69) is 112 Å². The van der Waals surface area contributed by atoms with Gasteiger partial charge in [0.05, 0.1) is 39.5 Å². The molecule has 3 unspecified atom stereocenters. The fourth-order valence-corrected chi connectivity index (χ4v) is 8.21. The van der Waals surface area contributed by atoms with Crippen molar-refractivity contribution in [3.63, 3.8) is 0 Å². The summed E-state index contributed by atoms with van der Waals surface area (Å²) in [4.78, 5) is 45.5. The van der Waals surface area contributed by atoms with Gasteiger partial charge in [0.25, 0.3) is 0 Å². The molecule has 0 spiro atoms. The first kappa shape index (κ1) is 37.7. The number of carbonyl (C=O) groups excluding carboxylic acids is 3. The van der Waals surface area contributed by atoms with Gasteiger partial charge in [-0.1, -0.05) is 0 Å². The van der Waals surface area contributed by atoms with E-state index in [0.717, 1.165) is 19.3 Å². The normalized spacial score (nSPS) is 29.5. The monoisotopic (exact) mass is 636 g/mol. The van der Waals surface area contributed by atoms with Crippen LogP contribution in [-0.2, 0) is 28.6 Å². The highest BCUT2D eigenvalue weighted by atomic mass is 16.5. The van der Waals surface area contributed by atoms with Crippen molar-refractivity contribution in [2.45, 2.75) is 136 Å². The van der Waals surface area contributed by atoms with Gasteiger partial charge in [0.1, 0.15) is 0 Å². The van der Waals surface area contributed by atoms with E-state index in [1.54, 1.807) is 0 Å². The molecule has 10 heteroatoms. The molecule has 0 saturated carbocycles. The highest BCUT2D eigenvalue weighted by Crippen LogP contribution is 2.44. The summed E-state index contributed by atoms with van der Waals surface area (Å²) in [6.07, 6.45) is 2.68. The van der Waals surface area contributed by atoms with Crippen LogP contribution in [0.25, 0.3) is 0 Å². The first-order chi connectivity index (χ1) is 20.3. The van der Waals surface area contributed by atoms with E-state index >= 15 is 0 Å². The summed E-state index contributed by atoms with van der Waals surface area (Å²) in [6, 6.07) is 0. The van der Waals surface area contributed by atoms with Gasteiger partial charge < -0.3 is 19.5 Å². The van der Waals surface area contributed by atoms with Crippen molar-refractivity contribution in [1.82, 2.24) is 20.0 Å². The van der Waals surface area contributed by atoms with Gasteiger partial charge in [-0.05, 0) is 116 Å². The minimum atomic E-state index is -0.475. The number of likely N-dealkylation sites (tertiary alicyclic amines) is 2. The molecule has 10 nitrogen and oxygen atoms in total. The second-order valence-electron chi connectivity index (χ2n) is 17.7. The molecule has 3 aliphatic rings. The Balaban J connectivity index is 1.62. The van der Waals surface area contributed by atoms with Crippen molar-refractivity contribution in [1.29, 1.82) is 0 Å². The molecule has 260 valence electrons. The van der Waals surface area contributed by atoms with Gasteiger partial charge in [0.2, 0.25) is 0 Å². The Morgan fingerprint density at radius 2 is 0.933 bits per heavy atom. The first-order valence-electron chi connectivity index (χ1n) is 16.8. The summed E-state index contributed by atoms with van der Waals surface area (Å²) in [6.45, 7) is 26.2. The molecule has 0 aromatic rings. The van der Waals surface area contributed by atoms with Crippen LogP contribution in [0, 0.1) is 17.8 Å². The predicted octanol–water partition coefficient (Wildman–Crippen LogP) is 4.10. The summed E-state index contributed by atoms with van der Waals surface area (Å²) in [5, 5.41) is 3.61. The molecule has 3 saturated heterocycles. The smallest absolute Gasteiger partial charge is 0.320 e. The van der Waals surface area contributed by atoms with E-state index in [4.69, 9.17) is 14.2 Å². The van der Waals surface area contributed by atoms with Crippen molar-refractivity contribution < 1.29 is 28.6 Å². The average molecular weight is 637 g/mol. The van der Waals surface area contributed by atoms with Crippen LogP contribution >= 0.6 is 0 Å². The zero-order valence-electron chi connectivity index (χ0n) is 30.9. The second-order valence-corrected chi connectivity index (χ2v) is 17.7. The fraction of sp³-hybridized carbons (Fsp3) is 0.914. The molecule has 0 radical (unpaired) electrons. The van der Waals surface area contributed by atoms with Gasteiger partial charge in [0.15, 0.2) is 0 Å². The molecule has 45 heavy (non-hydrogen) atoms. The highest BCUT2D eigenvalue weighted by Gasteiger charge is 2.51. The van der Waals surface area contributed by atoms with Crippen LogP contribution in [0.1, 0.15) is 102 Å². The van der Waals surface area contributed by atoms with Gasteiger partial charge in [-0.15, -0.1) is 0 Å². The molecule has 3 rings (SSSR count). The van der Waals surface area contributed by atoms with E-state index in [1.807, 2.05) is 0 Å². The SMILES string of the molecule is CN1C(C)(C)CC(COC(=O)CN(CC(=O)OCC2CC(C)(C)NC2(C)C)CC(=O)OCC2CC(C)(C)N(C)C2(C)C)C1(C)C. The van der Waals surface area contributed by atoms with Crippen molar-refractivity contribution >= 4 is 17.9 Å². The lowest BCUT2D eigenvalue weighted by Crippen LogP contribution is -2.47. The molecule has 0 amide bonds. The zero-order chi connectivity index (χ0) is 34.4. The van der Waals surface area contributed by atoms with Crippen molar-refractivity contribution in [3.05, 3.63) is 0 Å². The molecule has 0 aliphatic carbocycles. The van der Waals surface area contributed by atoms with E-state index < -0.39 is 17.9 Å². The van der Waals surface area contributed by atoms with Crippen LogP contribution in [0.15, 0.2) is 0 Å². The van der Waals surface area contributed by atoms with Gasteiger partial charge in [-0.25, -0.2) is 0 Å². The Labute approximate surface area is 273 Å². The molecule has 3 heterocycles. The van der Waals surface area contributed by atoms with Crippen LogP contribution in [0.5, 0.6) is 0 Å². The molecule has 0 aromatic carbocycles. The lowest BCUT2D eigenvalue weighted by atomic mass is 9.88. The highest BCUT2D eigenvalue weighted by molar-refractivity contribution is 5.78. The van der Waals surface area contributed by atoms with Crippen LogP contribution in [0.2, 0.25) is 0 Å². The molecule has 3 aliphatic heterocycles. The fourth-order valence-electron chi connectivity index (χ4n) is 8.21. The molecule has 3 atom stereocenters. The van der Waals surface area contributed by atoms with Crippen LogP contribution in [0.3, 0.4) is 0 Å². The number of ether oxygens (including phenoxy) is 3. The lowest BCUT2D eigenvalue weighted by Gasteiger charge is -2.38. The van der Waals surface area contributed by atoms with Crippen molar-refractivity contribution in [2.24, 2.45) is 17.8 Å². The van der Waals surface area contributed by atoms with Crippen LogP contribution in [0.4, 0.5) is 0 Å². The van der Waals surface area contributed by atoms with Gasteiger partial charge >= 0.3 is 17.9 Å². The minimum absolute atomic E-state index is 0.00333. The zero-order valence-corrected chi connectivity index (χ0v) is 30.9. The Morgan fingerprint density at radius 3 is 1.20 bits per heavy atom. The molecule has 3 fully saturated rings.